The molecule has 2 aromatic heterocycles. The van der Waals surface area contributed by atoms with Gasteiger partial charge in [0.1, 0.15) is 11.3 Å². The summed E-state index contributed by atoms with van der Waals surface area (Å²) in [5.74, 6) is -0.203. The van der Waals surface area contributed by atoms with E-state index in [0.29, 0.717) is 22.4 Å². The van der Waals surface area contributed by atoms with Gasteiger partial charge in [0.05, 0.1) is 11.1 Å². The van der Waals surface area contributed by atoms with Crippen molar-refractivity contribution in [3.63, 3.8) is 0 Å². The third-order valence-electron chi connectivity index (χ3n) is 5.87. The van der Waals surface area contributed by atoms with Crippen molar-refractivity contribution in [2.45, 2.75) is 0 Å². The molecule has 0 unspecified atom stereocenters. The van der Waals surface area contributed by atoms with Crippen molar-refractivity contribution in [3.8, 4) is 5.69 Å². The zero-order chi connectivity index (χ0) is 19.7. The molecule has 0 amide bonds. The molecule has 0 saturated carbocycles. The maximum atomic E-state index is 13.6. The number of aromatic nitrogens is 2. The highest BCUT2D eigenvalue weighted by Crippen LogP contribution is 2.41. The van der Waals surface area contributed by atoms with E-state index in [9.17, 15) is 9.59 Å². The second kappa shape index (κ2) is 5.55. The van der Waals surface area contributed by atoms with Gasteiger partial charge in [-0.2, -0.15) is 0 Å². The van der Waals surface area contributed by atoms with E-state index in [1.54, 1.807) is 18.2 Å². The van der Waals surface area contributed by atoms with Crippen molar-refractivity contribution in [1.82, 2.24) is 9.13 Å². The van der Waals surface area contributed by atoms with Crippen LogP contribution in [0.5, 0.6) is 0 Å². The van der Waals surface area contributed by atoms with Crippen LogP contribution in [0.3, 0.4) is 0 Å². The monoisotopic (exact) mass is 376 g/mol. The van der Waals surface area contributed by atoms with Crippen molar-refractivity contribution in [1.29, 1.82) is 0 Å². The van der Waals surface area contributed by atoms with Gasteiger partial charge in [0.15, 0.2) is 5.78 Å². The predicted octanol–water partition coefficient (Wildman–Crippen LogP) is 4.90. The fourth-order valence-electron chi connectivity index (χ4n) is 4.63. The first-order valence-electron chi connectivity index (χ1n) is 9.54. The van der Waals surface area contributed by atoms with Crippen LogP contribution in [0, 0.1) is 0 Å². The largest absolute Gasteiger partial charge is 0.329 e. The van der Waals surface area contributed by atoms with Crippen LogP contribution in [0.25, 0.3) is 27.6 Å². The molecular formula is C25H16N2O2. The van der Waals surface area contributed by atoms with Crippen molar-refractivity contribution in [3.05, 3.63) is 101 Å². The standard InChI is InChI=1S/C25H16N2O2/c1-26-19-14-8-7-13-18(19)20-21-22(27(25(20)26)15-9-3-2-4-10-15)24(29)17-12-6-5-11-16(17)23(21)28/h2-14H,1H3. The molecule has 0 spiro atoms. The Balaban J connectivity index is 1.88. The lowest BCUT2D eigenvalue weighted by molar-refractivity contribution is 0.0976. The lowest BCUT2D eigenvalue weighted by atomic mass is 9.86. The van der Waals surface area contributed by atoms with Crippen LogP contribution in [-0.2, 0) is 7.05 Å². The van der Waals surface area contributed by atoms with Crippen LogP contribution in [0.15, 0.2) is 78.9 Å². The summed E-state index contributed by atoms with van der Waals surface area (Å²) >= 11 is 0. The van der Waals surface area contributed by atoms with E-state index in [2.05, 4.69) is 4.57 Å². The number of hydrogen-bond acceptors (Lipinski definition) is 2. The Kier molecular flexibility index (Phi) is 3.08. The van der Waals surface area contributed by atoms with Gasteiger partial charge < -0.3 is 4.57 Å². The fourth-order valence-corrected chi connectivity index (χ4v) is 4.63. The van der Waals surface area contributed by atoms with E-state index in [-0.39, 0.29) is 11.6 Å². The molecule has 1 aliphatic carbocycles. The normalized spacial score (nSPS) is 13.1. The van der Waals surface area contributed by atoms with Crippen LogP contribution in [0.2, 0.25) is 0 Å². The van der Waals surface area contributed by atoms with Crippen LogP contribution < -0.4 is 0 Å². The number of carbonyl (C=O) groups is 2. The van der Waals surface area contributed by atoms with E-state index in [1.165, 1.54) is 0 Å². The van der Waals surface area contributed by atoms with Gasteiger partial charge >= 0.3 is 0 Å². The molecule has 0 atom stereocenters. The minimum atomic E-state index is -0.112. The molecule has 0 radical (unpaired) electrons. The number of para-hydroxylation sites is 2. The molecule has 0 fully saturated rings. The maximum Gasteiger partial charge on any atom is 0.211 e. The first-order chi connectivity index (χ1) is 14.2. The second-order valence-corrected chi connectivity index (χ2v) is 7.37. The Hall–Kier alpha value is -3.92. The number of rotatable bonds is 1. The van der Waals surface area contributed by atoms with E-state index in [4.69, 9.17) is 0 Å². The van der Waals surface area contributed by atoms with Gasteiger partial charge in [-0.1, -0.05) is 60.7 Å². The summed E-state index contributed by atoms with van der Waals surface area (Å²) in [4.78, 5) is 27.2. The second-order valence-electron chi connectivity index (χ2n) is 7.37. The molecule has 29 heavy (non-hydrogen) atoms. The van der Waals surface area contributed by atoms with Crippen LogP contribution >= 0.6 is 0 Å². The number of hydrogen-bond donors (Lipinski definition) is 0. The minimum Gasteiger partial charge on any atom is -0.329 e. The maximum absolute atomic E-state index is 13.6. The topological polar surface area (TPSA) is 44.0 Å². The first kappa shape index (κ1) is 16.1. The number of ketones is 2. The minimum absolute atomic E-state index is 0.0914. The highest BCUT2D eigenvalue weighted by Gasteiger charge is 2.37. The van der Waals surface area contributed by atoms with Crippen LogP contribution in [0.1, 0.15) is 32.0 Å². The van der Waals surface area contributed by atoms with Gasteiger partial charge in [-0.25, -0.2) is 0 Å². The van der Waals surface area contributed by atoms with Crippen molar-refractivity contribution < 1.29 is 9.59 Å². The molecule has 3 aromatic carbocycles. The molecule has 0 N–H and O–H groups in total. The predicted molar refractivity (Wildman–Crippen MR) is 113 cm³/mol. The van der Waals surface area contributed by atoms with Gasteiger partial charge in [-0.15, -0.1) is 0 Å². The molecule has 6 rings (SSSR count). The molecule has 0 bridgehead atoms. The lowest BCUT2D eigenvalue weighted by Crippen LogP contribution is -2.22. The third kappa shape index (κ3) is 1.93. The zero-order valence-corrected chi connectivity index (χ0v) is 15.7. The summed E-state index contributed by atoms with van der Waals surface area (Å²) in [5.41, 5.74) is 4.65. The number of nitrogens with zero attached hydrogens (tertiary/aromatic N) is 2. The Morgan fingerprint density at radius 1 is 0.690 bits per heavy atom. The summed E-state index contributed by atoms with van der Waals surface area (Å²) in [6.45, 7) is 0. The number of fused-ring (bicyclic) bond motifs is 6. The molecule has 1 aliphatic rings. The van der Waals surface area contributed by atoms with Crippen LogP contribution in [-0.4, -0.2) is 20.7 Å². The Morgan fingerprint density at radius 2 is 1.31 bits per heavy atom. The van der Waals surface area contributed by atoms with Gasteiger partial charge in [0, 0.05) is 34.6 Å². The summed E-state index contributed by atoms with van der Waals surface area (Å²) in [7, 11) is 1.98. The molecule has 0 aliphatic heterocycles. The zero-order valence-electron chi connectivity index (χ0n) is 15.7. The molecule has 0 saturated heterocycles. The number of aryl methyl sites for hydroxylation is 1. The van der Waals surface area contributed by atoms with Gasteiger partial charge in [-0.05, 0) is 18.2 Å². The summed E-state index contributed by atoms with van der Waals surface area (Å²) < 4.78 is 4.02. The average Bonchev–Trinajstić information content (AvgIpc) is 3.27. The molecule has 2 heterocycles. The SMILES string of the molecule is Cn1c2ccccc2c2c3c(n(-c4ccccc4)c21)C(=O)c1ccccc1C3=O. The molecule has 4 nitrogen and oxygen atoms in total. The fraction of sp³-hybridized carbons (Fsp3) is 0.0400. The van der Waals surface area contributed by atoms with E-state index in [0.717, 1.165) is 27.6 Å². The Labute approximate surface area is 166 Å². The highest BCUT2D eigenvalue weighted by molar-refractivity contribution is 6.35. The molecule has 5 aromatic rings. The van der Waals surface area contributed by atoms with E-state index < -0.39 is 0 Å². The molecular weight excluding hydrogens is 360 g/mol. The number of benzene rings is 3. The Bertz CT molecular complexity index is 1490. The van der Waals surface area contributed by atoms with Gasteiger partial charge in [-0.3, -0.25) is 14.2 Å². The van der Waals surface area contributed by atoms with Gasteiger partial charge in [0.2, 0.25) is 5.78 Å². The first-order valence-corrected chi connectivity index (χ1v) is 9.54. The van der Waals surface area contributed by atoms with Crippen molar-refractivity contribution in [2.24, 2.45) is 7.05 Å². The highest BCUT2D eigenvalue weighted by atomic mass is 16.1. The molecule has 138 valence electrons. The van der Waals surface area contributed by atoms with E-state index >= 15 is 0 Å². The molecule has 4 heteroatoms. The van der Waals surface area contributed by atoms with Crippen molar-refractivity contribution in [2.75, 3.05) is 0 Å². The van der Waals surface area contributed by atoms with Gasteiger partial charge in [0.25, 0.3) is 0 Å². The quantitative estimate of drug-likeness (QED) is 0.410. The van der Waals surface area contributed by atoms with Crippen LogP contribution in [0.4, 0.5) is 0 Å². The smallest absolute Gasteiger partial charge is 0.211 e. The van der Waals surface area contributed by atoms with Crippen molar-refractivity contribution >= 4 is 33.5 Å². The Morgan fingerprint density at radius 3 is 2.07 bits per heavy atom. The lowest BCUT2D eigenvalue weighted by Gasteiger charge is -2.18. The summed E-state index contributed by atoms with van der Waals surface area (Å²) in [6, 6.07) is 24.9. The average molecular weight is 376 g/mol. The van der Waals surface area contributed by atoms with E-state index in [1.807, 2.05) is 72.3 Å². The third-order valence-corrected chi connectivity index (χ3v) is 5.87. The summed E-state index contributed by atoms with van der Waals surface area (Å²) in [5, 5.41) is 1.83. The number of carbonyl (C=O) groups excluding carboxylic acids is 2. The summed E-state index contributed by atoms with van der Waals surface area (Å²) in [6.07, 6.45) is 0.